The first-order valence-corrected chi connectivity index (χ1v) is 10.6. The van der Waals surface area contributed by atoms with Gasteiger partial charge in [0, 0.05) is 30.7 Å². The van der Waals surface area contributed by atoms with Gasteiger partial charge in [-0.1, -0.05) is 28.1 Å². The zero-order valence-electron chi connectivity index (χ0n) is 16.8. The molecule has 1 amide bonds. The Balaban J connectivity index is 1.73. The van der Waals surface area contributed by atoms with Crippen LogP contribution < -0.4 is 20.3 Å². The fourth-order valence-electron chi connectivity index (χ4n) is 3.40. The van der Waals surface area contributed by atoms with Gasteiger partial charge in [0.2, 0.25) is 0 Å². The predicted octanol–water partition coefficient (Wildman–Crippen LogP) is 3.64. The maximum atomic E-state index is 12.8. The van der Waals surface area contributed by atoms with Crippen LogP contribution in [0.25, 0.3) is 0 Å². The van der Waals surface area contributed by atoms with Crippen molar-refractivity contribution in [2.45, 2.75) is 6.92 Å². The Morgan fingerprint density at radius 1 is 1.17 bits per heavy atom. The Kier molecular flexibility index (Phi) is 7.10. The van der Waals surface area contributed by atoms with Crippen LogP contribution in [0.5, 0.6) is 5.75 Å². The third-order valence-corrected chi connectivity index (χ3v) is 5.57. The van der Waals surface area contributed by atoms with E-state index in [1.807, 2.05) is 31.2 Å². The van der Waals surface area contributed by atoms with Gasteiger partial charge in [-0.15, -0.1) is 0 Å². The van der Waals surface area contributed by atoms with Gasteiger partial charge in [0.15, 0.2) is 5.11 Å². The number of carbonyl (C=O) groups is 1. The normalized spacial score (nSPS) is 14.4. The number of benzene rings is 2. The molecule has 0 aromatic heterocycles. The second-order valence-corrected chi connectivity index (χ2v) is 8.34. The molecule has 2 N–H and O–H groups in total. The van der Waals surface area contributed by atoms with Crippen LogP contribution in [0, 0.1) is 6.92 Å². The lowest BCUT2D eigenvalue weighted by atomic mass is 10.1. The molecule has 154 valence electrons. The summed E-state index contributed by atoms with van der Waals surface area (Å²) in [6.45, 7) is 5.81. The highest BCUT2D eigenvalue weighted by atomic mass is 79.9. The number of nitrogens with one attached hydrogen (secondary N) is 2. The number of methoxy groups -OCH3 is 1. The summed E-state index contributed by atoms with van der Waals surface area (Å²) in [5, 5.41) is 6.19. The summed E-state index contributed by atoms with van der Waals surface area (Å²) in [4.78, 5) is 17.4. The van der Waals surface area contributed by atoms with Crippen LogP contribution in [0.2, 0.25) is 0 Å². The maximum absolute atomic E-state index is 12.8. The number of amides is 1. The van der Waals surface area contributed by atoms with Crippen molar-refractivity contribution in [3.05, 3.63) is 52.0 Å². The number of carbonyl (C=O) groups excluding carboxylic acids is 1. The summed E-state index contributed by atoms with van der Waals surface area (Å²) in [6.07, 6.45) is 0. The molecule has 2 aromatic carbocycles. The second-order valence-electron chi connectivity index (χ2n) is 7.02. The smallest absolute Gasteiger partial charge is 0.261 e. The van der Waals surface area contributed by atoms with Gasteiger partial charge in [-0.25, -0.2) is 0 Å². The lowest BCUT2D eigenvalue weighted by Crippen LogP contribution is -2.45. The summed E-state index contributed by atoms with van der Waals surface area (Å²) in [5.41, 5.74) is 3.25. The van der Waals surface area contributed by atoms with Crippen molar-refractivity contribution >= 4 is 50.5 Å². The molecule has 8 heteroatoms. The zero-order valence-corrected chi connectivity index (χ0v) is 19.2. The van der Waals surface area contributed by atoms with Gasteiger partial charge >= 0.3 is 0 Å². The van der Waals surface area contributed by atoms with Crippen LogP contribution >= 0.6 is 28.1 Å². The third kappa shape index (κ3) is 5.26. The molecule has 1 fully saturated rings. The fourth-order valence-corrected chi connectivity index (χ4v) is 4.17. The van der Waals surface area contributed by atoms with Gasteiger partial charge in [-0.2, -0.15) is 0 Å². The molecule has 3 rings (SSSR count). The molecule has 0 atom stereocenters. The van der Waals surface area contributed by atoms with Crippen LogP contribution in [-0.2, 0) is 0 Å². The maximum Gasteiger partial charge on any atom is 0.261 e. The monoisotopic (exact) mass is 476 g/mol. The number of hydrogen-bond donors (Lipinski definition) is 2. The van der Waals surface area contributed by atoms with E-state index in [2.05, 4.69) is 49.5 Å². The number of halogens is 1. The molecule has 1 aliphatic rings. The molecule has 0 spiro atoms. The summed E-state index contributed by atoms with van der Waals surface area (Å²) in [6, 6.07) is 11.6. The average Bonchev–Trinajstić information content (AvgIpc) is 2.68. The number of aryl methyl sites for hydroxylation is 1. The highest BCUT2D eigenvalue weighted by molar-refractivity contribution is 9.10. The minimum Gasteiger partial charge on any atom is -0.496 e. The molecule has 0 saturated carbocycles. The second kappa shape index (κ2) is 9.56. The lowest BCUT2D eigenvalue weighted by molar-refractivity contribution is 0.0974. The molecule has 0 radical (unpaired) electrons. The molecule has 2 aromatic rings. The first-order valence-electron chi connectivity index (χ1n) is 9.38. The SMILES string of the molecule is COc1c(C)cc(Br)cc1C(=O)NC(=S)Nc1ccccc1N1CCN(C)CC1. The molecular weight excluding hydrogens is 452 g/mol. The number of hydrogen-bond acceptors (Lipinski definition) is 5. The number of anilines is 2. The average molecular weight is 477 g/mol. The van der Waals surface area contributed by atoms with E-state index in [9.17, 15) is 4.79 Å². The van der Waals surface area contributed by atoms with E-state index < -0.39 is 0 Å². The minimum absolute atomic E-state index is 0.247. The molecule has 29 heavy (non-hydrogen) atoms. The first kappa shape index (κ1) is 21.5. The van der Waals surface area contributed by atoms with Crippen molar-refractivity contribution in [2.75, 3.05) is 50.6 Å². The van der Waals surface area contributed by atoms with Gasteiger partial charge in [0.1, 0.15) is 5.75 Å². The van der Waals surface area contributed by atoms with Crippen LogP contribution in [0.15, 0.2) is 40.9 Å². The highest BCUT2D eigenvalue weighted by Crippen LogP contribution is 2.28. The van der Waals surface area contributed by atoms with Crippen molar-refractivity contribution < 1.29 is 9.53 Å². The van der Waals surface area contributed by atoms with Gasteiger partial charge in [0.05, 0.1) is 24.0 Å². The number of nitrogens with zero attached hydrogens (tertiary/aromatic N) is 2. The van der Waals surface area contributed by atoms with E-state index in [1.54, 1.807) is 13.2 Å². The van der Waals surface area contributed by atoms with E-state index >= 15 is 0 Å². The molecular formula is C21H25BrN4O2S. The quantitative estimate of drug-likeness (QED) is 0.656. The van der Waals surface area contributed by atoms with Crippen LogP contribution in [-0.4, -0.2) is 56.3 Å². The number of piperazine rings is 1. The summed E-state index contributed by atoms with van der Waals surface area (Å²) >= 11 is 8.84. The Labute approximate surface area is 185 Å². The van der Waals surface area contributed by atoms with Gasteiger partial charge in [0.25, 0.3) is 5.91 Å². The lowest BCUT2D eigenvalue weighted by Gasteiger charge is -2.35. The topological polar surface area (TPSA) is 56.8 Å². The molecule has 1 heterocycles. The molecule has 1 saturated heterocycles. The zero-order chi connectivity index (χ0) is 21.0. The fraction of sp³-hybridized carbons (Fsp3) is 0.333. The number of thiocarbonyl (C=S) groups is 1. The summed E-state index contributed by atoms with van der Waals surface area (Å²) < 4.78 is 6.21. The van der Waals surface area contributed by atoms with Gasteiger partial charge in [-0.3, -0.25) is 10.1 Å². The highest BCUT2D eigenvalue weighted by Gasteiger charge is 2.19. The van der Waals surface area contributed by atoms with Crippen LogP contribution in [0.4, 0.5) is 11.4 Å². The van der Waals surface area contributed by atoms with E-state index in [4.69, 9.17) is 17.0 Å². The Bertz CT molecular complexity index is 914. The van der Waals surface area contributed by atoms with Crippen molar-refractivity contribution in [2.24, 2.45) is 0 Å². The summed E-state index contributed by atoms with van der Waals surface area (Å²) in [5.74, 6) is 0.215. The van der Waals surface area contributed by atoms with Crippen molar-refractivity contribution in [1.82, 2.24) is 10.2 Å². The standard InChI is InChI=1S/C21H25BrN4O2S/c1-14-12-15(22)13-16(19(14)28-3)20(27)24-21(29)23-17-6-4-5-7-18(17)26-10-8-25(2)9-11-26/h4-7,12-13H,8-11H2,1-3H3,(H2,23,24,27,29). The van der Waals surface area contributed by atoms with Crippen LogP contribution in [0.3, 0.4) is 0 Å². The minimum atomic E-state index is -0.319. The van der Waals surface area contributed by atoms with Gasteiger partial charge in [-0.05, 0) is 56.0 Å². The van der Waals surface area contributed by atoms with Crippen LogP contribution in [0.1, 0.15) is 15.9 Å². The number of likely N-dealkylation sites (N-methyl/N-ethyl adjacent to an activating group) is 1. The molecule has 0 aliphatic carbocycles. The largest absolute Gasteiger partial charge is 0.496 e. The molecule has 0 unspecified atom stereocenters. The van der Waals surface area contributed by atoms with Crippen molar-refractivity contribution in [1.29, 1.82) is 0 Å². The first-order chi connectivity index (χ1) is 13.9. The van der Waals surface area contributed by atoms with Crippen molar-refractivity contribution in [3.8, 4) is 5.75 Å². The van der Waals surface area contributed by atoms with E-state index in [1.165, 1.54) is 0 Å². The van der Waals surface area contributed by atoms with E-state index in [0.29, 0.717) is 11.3 Å². The van der Waals surface area contributed by atoms with Gasteiger partial charge < -0.3 is 19.9 Å². The number of para-hydroxylation sites is 2. The Morgan fingerprint density at radius 3 is 2.55 bits per heavy atom. The van der Waals surface area contributed by atoms with Crippen molar-refractivity contribution in [3.63, 3.8) is 0 Å². The third-order valence-electron chi connectivity index (χ3n) is 4.91. The number of rotatable bonds is 4. The number of ether oxygens (including phenoxy) is 1. The van der Waals surface area contributed by atoms with E-state index in [-0.39, 0.29) is 11.0 Å². The molecule has 0 bridgehead atoms. The predicted molar refractivity (Wildman–Crippen MR) is 125 cm³/mol. The molecule has 1 aliphatic heterocycles. The Morgan fingerprint density at radius 2 is 1.86 bits per heavy atom. The Hall–Kier alpha value is -2.16. The molecule has 6 nitrogen and oxygen atoms in total. The van der Waals surface area contributed by atoms with E-state index in [0.717, 1.165) is 47.6 Å². The summed E-state index contributed by atoms with van der Waals surface area (Å²) in [7, 11) is 3.68.